The molecule has 0 saturated heterocycles. The van der Waals surface area contributed by atoms with E-state index in [0.29, 0.717) is 12.8 Å². The fraction of sp³-hybridized carbons (Fsp3) is 0.733. The van der Waals surface area contributed by atoms with Gasteiger partial charge in [-0.25, -0.2) is 0 Å². The molecule has 3 N–H and O–H groups in total. The number of aliphatic hydroxyl groups excluding tert-OH is 1. The molecule has 0 spiro atoms. The second-order valence-corrected chi connectivity index (χ2v) is 6.69. The third-order valence-electron chi connectivity index (χ3n) is 4.92. The largest absolute Gasteiger partial charge is 0.389 e. The summed E-state index contributed by atoms with van der Waals surface area (Å²) >= 11 is 0. The van der Waals surface area contributed by atoms with Crippen molar-refractivity contribution in [2.45, 2.75) is 57.3 Å². The highest BCUT2D eigenvalue weighted by molar-refractivity contribution is 5.30. The number of hydrogen-bond acceptors (Lipinski definition) is 3. The van der Waals surface area contributed by atoms with Crippen molar-refractivity contribution >= 4 is 0 Å². The molecule has 3 heteroatoms. The van der Waals surface area contributed by atoms with Crippen LogP contribution in [0.3, 0.4) is 0 Å². The first-order valence-electron chi connectivity index (χ1n) is 6.60. The van der Waals surface area contributed by atoms with Gasteiger partial charge in [-0.1, -0.05) is 31.2 Å². The van der Waals surface area contributed by atoms with Crippen LogP contribution in [0.5, 0.6) is 0 Å². The Kier molecular flexibility index (Phi) is 3.01. The molecule has 102 valence electrons. The maximum Gasteiger partial charge on any atom is 0.0808 e. The summed E-state index contributed by atoms with van der Waals surface area (Å²) in [7, 11) is 0. The topological polar surface area (TPSA) is 60.7 Å². The van der Waals surface area contributed by atoms with Gasteiger partial charge in [0.05, 0.1) is 17.3 Å². The minimum atomic E-state index is -0.949. The Morgan fingerprint density at radius 2 is 2.11 bits per heavy atom. The van der Waals surface area contributed by atoms with E-state index in [9.17, 15) is 15.3 Å². The van der Waals surface area contributed by atoms with Gasteiger partial charge in [-0.05, 0) is 39.0 Å². The summed E-state index contributed by atoms with van der Waals surface area (Å²) in [6, 6.07) is 0. The SMILES string of the molecule is C=C1CCC2(O)CC1C2(C)C(O)C=CC(C)(C)O. The fourth-order valence-corrected chi connectivity index (χ4v) is 3.45. The average Bonchev–Trinajstić information content (AvgIpc) is 2.26. The molecule has 0 radical (unpaired) electrons. The summed E-state index contributed by atoms with van der Waals surface area (Å²) < 4.78 is 0. The monoisotopic (exact) mass is 252 g/mol. The highest BCUT2D eigenvalue weighted by Crippen LogP contribution is 2.65. The summed E-state index contributed by atoms with van der Waals surface area (Å²) in [6.07, 6.45) is 4.66. The lowest BCUT2D eigenvalue weighted by Crippen LogP contribution is -2.69. The van der Waals surface area contributed by atoms with Crippen LogP contribution < -0.4 is 0 Å². The molecule has 0 aromatic carbocycles. The first kappa shape index (κ1) is 13.8. The highest BCUT2D eigenvalue weighted by atomic mass is 16.3. The van der Waals surface area contributed by atoms with Crippen LogP contribution in [0.25, 0.3) is 0 Å². The molecule has 3 fully saturated rings. The number of aliphatic hydroxyl groups is 3. The first-order valence-corrected chi connectivity index (χ1v) is 6.60. The number of fused-ring (bicyclic) bond motifs is 2. The molecule has 3 saturated carbocycles. The van der Waals surface area contributed by atoms with E-state index < -0.39 is 22.7 Å². The molecular formula is C15H24O3. The van der Waals surface area contributed by atoms with E-state index in [-0.39, 0.29) is 5.92 Å². The maximum absolute atomic E-state index is 10.6. The minimum absolute atomic E-state index is 0.178. The Hall–Kier alpha value is -0.640. The molecule has 0 amide bonds. The van der Waals surface area contributed by atoms with E-state index in [0.717, 1.165) is 12.0 Å². The van der Waals surface area contributed by atoms with Gasteiger partial charge in [-0.15, -0.1) is 0 Å². The number of allylic oxidation sites excluding steroid dienone is 1. The molecule has 3 aliphatic carbocycles. The zero-order valence-corrected chi connectivity index (χ0v) is 11.5. The molecule has 18 heavy (non-hydrogen) atoms. The van der Waals surface area contributed by atoms with Gasteiger partial charge in [0.15, 0.2) is 0 Å². The van der Waals surface area contributed by atoms with Crippen LogP contribution in [0.2, 0.25) is 0 Å². The van der Waals surface area contributed by atoms with Gasteiger partial charge in [-0.2, -0.15) is 0 Å². The van der Waals surface area contributed by atoms with Gasteiger partial charge >= 0.3 is 0 Å². The molecule has 3 rings (SSSR count). The molecular weight excluding hydrogens is 228 g/mol. The van der Waals surface area contributed by atoms with E-state index >= 15 is 0 Å². The van der Waals surface area contributed by atoms with Crippen LogP contribution in [0.15, 0.2) is 24.3 Å². The molecule has 0 aromatic heterocycles. The molecule has 0 aromatic rings. The standard InChI is InChI=1S/C15H24O3/c1-10-5-8-15(18)9-11(10)14(15,4)12(16)6-7-13(2,3)17/h6-7,11-12,16-18H,1,5,8-9H2,2-4H3. The Balaban J connectivity index is 2.21. The average molecular weight is 252 g/mol. The molecule has 2 bridgehead atoms. The molecule has 3 aliphatic rings. The summed E-state index contributed by atoms with van der Waals surface area (Å²) in [4.78, 5) is 0. The van der Waals surface area contributed by atoms with Crippen molar-refractivity contribution < 1.29 is 15.3 Å². The van der Waals surface area contributed by atoms with Crippen LogP contribution in [-0.4, -0.2) is 32.6 Å². The van der Waals surface area contributed by atoms with Crippen LogP contribution >= 0.6 is 0 Å². The van der Waals surface area contributed by atoms with Gasteiger partial charge in [0, 0.05) is 5.41 Å². The summed E-state index contributed by atoms with van der Waals surface area (Å²) in [6.45, 7) is 9.30. The summed E-state index contributed by atoms with van der Waals surface area (Å²) in [5.74, 6) is 0.178. The minimum Gasteiger partial charge on any atom is -0.389 e. The van der Waals surface area contributed by atoms with Crippen LogP contribution in [0.1, 0.15) is 40.0 Å². The molecule has 0 aliphatic heterocycles. The summed E-state index contributed by atoms with van der Waals surface area (Å²) in [5, 5.41) is 30.6. The predicted octanol–water partition coefficient (Wildman–Crippen LogP) is 1.78. The zero-order chi connectivity index (χ0) is 13.8. The van der Waals surface area contributed by atoms with Gasteiger partial charge in [0.2, 0.25) is 0 Å². The Morgan fingerprint density at radius 1 is 1.50 bits per heavy atom. The van der Waals surface area contributed by atoms with E-state index in [1.165, 1.54) is 0 Å². The first-order chi connectivity index (χ1) is 8.10. The van der Waals surface area contributed by atoms with Crippen molar-refractivity contribution in [3.63, 3.8) is 0 Å². The van der Waals surface area contributed by atoms with Gasteiger partial charge in [0.25, 0.3) is 0 Å². The van der Waals surface area contributed by atoms with E-state index in [1.54, 1.807) is 26.0 Å². The fourth-order valence-electron chi connectivity index (χ4n) is 3.45. The quantitative estimate of drug-likeness (QED) is 0.671. The lowest BCUT2D eigenvalue weighted by Gasteiger charge is -2.66. The molecule has 3 nitrogen and oxygen atoms in total. The van der Waals surface area contributed by atoms with Crippen molar-refractivity contribution in [1.29, 1.82) is 0 Å². The second-order valence-electron chi connectivity index (χ2n) is 6.69. The van der Waals surface area contributed by atoms with Crippen molar-refractivity contribution in [2.24, 2.45) is 11.3 Å². The number of hydrogen-bond donors (Lipinski definition) is 3. The van der Waals surface area contributed by atoms with Crippen LogP contribution in [-0.2, 0) is 0 Å². The van der Waals surface area contributed by atoms with Crippen molar-refractivity contribution in [3.05, 3.63) is 24.3 Å². The molecule has 4 unspecified atom stereocenters. The van der Waals surface area contributed by atoms with Crippen molar-refractivity contribution in [2.75, 3.05) is 0 Å². The van der Waals surface area contributed by atoms with E-state index in [2.05, 4.69) is 6.58 Å². The third kappa shape index (κ3) is 1.85. The third-order valence-corrected chi connectivity index (χ3v) is 4.92. The van der Waals surface area contributed by atoms with E-state index in [4.69, 9.17) is 0 Å². The highest BCUT2D eigenvalue weighted by Gasteiger charge is 2.67. The van der Waals surface area contributed by atoms with Gasteiger partial charge < -0.3 is 15.3 Å². The smallest absolute Gasteiger partial charge is 0.0808 e. The summed E-state index contributed by atoms with van der Waals surface area (Å²) in [5.41, 5.74) is -1.17. The molecule has 4 atom stereocenters. The lowest BCUT2D eigenvalue weighted by molar-refractivity contribution is -0.243. The second kappa shape index (κ2) is 3.92. The predicted molar refractivity (Wildman–Crippen MR) is 71.0 cm³/mol. The van der Waals surface area contributed by atoms with Crippen LogP contribution in [0, 0.1) is 11.3 Å². The number of rotatable bonds is 3. The zero-order valence-electron chi connectivity index (χ0n) is 11.5. The maximum atomic E-state index is 10.6. The van der Waals surface area contributed by atoms with Gasteiger partial charge in [-0.3, -0.25) is 0 Å². The normalized spacial score (nSPS) is 41.9. The Bertz CT molecular complexity index is 389. The van der Waals surface area contributed by atoms with Crippen LogP contribution in [0.4, 0.5) is 0 Å². The van der Waals surface area contributed by atoms with Crippen molar-refractivity contribution in [1.82, 2.24) is 0 Å². The lowest BCUT2D eigenvalue weighted by atomic mass is 9.42. The van der Waals surface area contributed by atoms with Crippen molar-refractivity contribution in [3.8, 4) is 0 Å². The molecule has 0 heterocycles. The van der Waals surface area contributed by atoms with Gasteiger partial charge in [0.1, 0.15) is 0 Å². The van der Waals surface area contributed by atoms with E-state index in [1.807, 2.05) is 6.92 Å². The Morgan fingerprint density at radius 3 is 2.61 bits per heavy atom. The Labute approximate surface area is 109 Å².